The molecule has 2 aromatic rings. The van der Waals surface area contributed by atoms with Crippen molar-refractivity contribution in [3.8, 4) is 5.75 Å². The van der Waals surface area contributed by atoms with Crippen molar-refractivity contribution in [1.82, 2.24) is 0 Å². The molecule has 0 radical (unpaired) electrons. The smallest absolute Gasteiger partial charge is 0.124 e. The van der Waals surface area contributed by atoms with Gasteiger partial charge in [-0.25, -0.2) is 0 Å². The lowest BCUT2D eigenvalue weighted by Gasteiger charge is -2.10. The van der Waals surface area contributed by atoms with Gasteiger partial charge < -0.3 is 4.74 Å². The first-order valence-corrected chi connectivity index (χ1v) is 6.05. The van der Waals surface area contributed by atoms with E-state index in [0.29, 0.717) is 16.7 Å². The summed E-state index contributed by atoms with van der Waals surface area (Å²) in [6.45, 7) is 2.43. The van der Waals surface area contributed by atoms with Crippen molar-refractivity contribution in [1.29, 1.82) is 0 Å². The van der Waals surface area contributed by atoms with Crippen LogP contribution in [-0.2, 0) is 6.61 Å². The van der Waals surface area contributed by atoms with E-state index in [1.807, 2.05) is 49.4 Å². The minimum atomic E-state index is 0.445. The van der Waals surface area contributed by atoms with Gasteiger partial charge in [-0.05, 0) is 30.7 Å². The number of hydrogen-bond acceptors (Lipinski definition) is 1. The number of ether oxygens (including phenoxy) is 1. The summed E-state index contributed by atoms with van der Waals surface area (Å²) >= 11 is 12.0. The summed E-state index contributed by atoms with van der Waals surface area (Å²) in [5, 5.41) is 1.39. The molecular formula is C14H12Cl2O. The highest BCUT2D eigenvalue weighted by atomic mass is 35.5. The normalized spacial score (nSPS) is 10.3. The summed E-state index contributed by atoms with van der Waals surface area (Å²) in [7, 11) is 0. The van der Waals surface area contributed by atoms with Gasteiger partial charge >= 0.3 is 0 Å². The second-order valence-electron chi connectivity index (χ2n) is 3.79. The van der Waals surface area contributed by atoms with Gasteiger partial charge in [0.2, 0.25) is 0 Å². The van der Waals surface area contributed by atoms with E-state index in [1.54, 1.807) is 0 Å². The number of halogens is 2. The highest BCUT2D eigenvalue weighted by Gasteiger charge is 2.03. The van der Waals surface area contributed by atoms with Gasteiger partial charge in [0, 0.05) is 15.6 Å². The highest BCUT2D eigenvalue weighted by Crippen LogP contribution is 2.24. The van der Waals surface area contributed by atoms with Crippen molar-refractivity contribution in [2.45, 2.75) is 13.5 Å². The van der Waals surface area contributed by atoms with Gasteiger partial charge in [0.15, 0.2) is 0 Å². The van der Waals surface area contributed by atoms with Crippen LogP contribution in [0.4, 0.5) is 0 Å². The molecule has 0 saturated carbocycles. The molecule has 0 aliphatic heterocycles. The maximum atomic E-state index is 6.06. The standard InChI is InChI=1S/C14H12Cl2O/c1-10-6-7-12(15)8-14(10)17-9-11-4-2-3-5-13(11)16/h2-8H,9H2,1H3. The maximum absolute atomic E-state index is 6.06. The van der Waals surface area contributed by atoms with E-state index in [2.05, 4.69) is 0 Å². The van der Waals surface area contributed by atoms with Crippen LogP contribution in [0.1, 0.15) is 11.1 Å². The highest BCUT2D eigenvalue weighted by molar-refractivity contribution is 6.31. The van der Waals surface area contributed by atoms with Gasteiger partial charge in [-0.1, -0.05) is 47.5 Å². The minimum Gasteiger partial charge on any atom is -0.489 e. The lowest BCUT2D eigenvalue weighted by Crippen LogP contribution is -1.97. The molecule has 0 aromatic heterocycles. The molecule has 0 saturated heterocycles. The maximum Gasteiger partial charge on any atom is 0.124 e. The molecule has 2 rings (SSSR count). The van der Waals surface area contributed by atoms with E-state index < -0.39 is 0 Å². The first-order valence-electron chi connectivity index (χ1n) is 5.29. The molecule has 1 nitrogen and oxygen atoms in total. The zero-order valence-electron chi connectivity index (χ0n) is 9.41. The molecule has 2 aromatic carbocycles. The second kappa shape index (κ2) is 5.44. The molecule has 0 atom stereocenters. The number of benzene rings is 2. The predicted octanol–water partition coefficient (Wildman–Crippen LogP) is 4.88. The first-order chi connectivity index (χ1) is 8.16. The van der Waals surface area contributed by atoms with Gasteiger partial charge in [0.1, 0.15) is 12.4 Å². The van der Waals surface area contributed by atoms with Crippen molar-refractivity contribution < 1.29 is 4.74 Å². The van der Waals surface area contributed by atoms with E-state index in [0.717, 1.165) is 16.9 Å². The van der Waals surface area contributed by atoms with E-state index in [4.69, 9.17) is 27.9 Å². The van der Waals surface area contributed by atoms with E-state index in [1.165, 1.54) is 0 Å². The molecule has 0 amide bonds. The molecule has 0 aliphatic carbocycles. The van der Waals surface area contributed by atoms with Crippen LogP contribution < -0.4 is 4.74 Å². The largest absolute Gasteiger partial charge is 0.489 e. The number of rotatable bonds is 3. The van der Waals surface area contributed by atoms with E-state index in [-0.39, 0.29) is 0 Å². The zero-order valence-corrected chi connectivity index (χ0v) is 10.9. The lowest BCUT2D eigenvalue weighted by molar-refractivity contribution is 0.304. The fraction of sp³-hybridized carbons (Fsp3) is 0.143. The summed E-state index contributed by atoms with van der Waals surface area (Å²) in [6.07, 6.45) is 0. The Hall–Kier alpha value is -1.18. The van der Waals surface area contributed by atoms with Gasteiger partial charge in [-0.2, -0.15) is 0 Å². The first kappa shape index (κ1) is 12.3. The van der Waals surface area contributed by atoms with Crippen LogP contribution in [0.3, 0.4) is 0 Å². The van der Waals surface area contributed by atoms with Crippen LogP contribution in [0, 0.1) is 6.92 Å². The third-order valence-electron chi connectivity index (χ3n) is 2.49. The fourth-order valence-electron chi connectivity index (χ4n) is 1.50. The Kier molecular flexibility index (Phi) is 3.93. The molecule has 0 N–H and O–H groups in total. The van der Waals surface area contributed by atoms with Crippen LogP contribution in [0.15, 0.2) is 42.5 Å². The zero-order chi connectivity index (χ0) is 12.3. The molecule has 17 heavy (non-hydrogen) atoms. The SMILES string of the molecule is Cc1ccc(Cl)cc1OCc1ccccc1Cl. The van der Waals surface area contributed by atoms with Crippen LogP contribution in [0.2, 0.25) is 10.0 Å². The Morgan fingerprint density at radius 3 is 2.59 bits per heavy atom. The van der Waals surface area contributed by atoms with Crippen LogP contribution in [0.25, 0.3) is 0 Å². The quantitative estimate of drug-likeness (QED) is 0.770. The lowest BCUT2D eigenvalue weighted by atomic mass is 10.2. The van der Waals surface area contributed by atoms with Gasteiger partial charge in [0.05, 0.1) is 0 Å². The monoisotopic (exact) mass is 266 g/mol. The third-order valence-corrected chi connectivity index (χ3v) is 3.10. The molecule has 88 valence electrons. The molecule has 0 spiro atoms. The predicted molar refractivity (Wildman–Crippen MR) is 72.0 cm³/mol. The van der Waals surface area contributed by atoms with Crippen molar-refractivity contribution >= 4 is 23.2 Å². The molecule has 0 unspecified atom stereocenters. The van der Waals surface area contributed by atoms with Crippen LogP contribution in [-0.4, -0.2) is 0 Å². The topological polar surface area (TPSA) is 9.23 Å². The Labute approximate surface area is 111 Å². The van der Waals surface area contributed by atoms with Crippen molar-refractivity contribution in [2.24, 2.45) is 0 Å². The van der Waals surface area contributed by atoms with Gasteiger partial charge in [-0.3, -0.25) is 0 Å². The van der Waals surface area contributed by atoms with Crippen LogP contribution in [0.5, 0.6) is 5.75 Å². The number of aryl methyl sites for hydroxylation is 1. The van der Waals surface area contributed by atoms with Gasteiger partial charge in [-0.15, -0.1) is 0 Å². The molecule has 0 fully saturated rings. The molecule has 0 bridgehead atoms. The fourth-order valence-corrected chi connectivity index (χ4v) is 1.85. The van der Waals surface area contributed by atoms with Crippen molar-refractivity contribution in [3.05, 3.63) is 63.6 Å². The minimum absolute atomic E-state index is 0.445. The number of hydrogen-bond donors (Lipinski definition) is 0. The Morgan fingerprint density at radius 1 is 1.06 bits per heavy atom. The molecule has 0 aliphatic rings. The molecule has 3 heteroatoms. The second-order valence-corrected chi connectivity index (χ2v) is 4.63. The summed E-state index contributed by atoms with van der Waals surface area (Å²) < 4.78 is 5.72. The van der Waals surface area contributed by atoms with Crippen molar-refractivity contribution in [3.63, 3.8) is 0 Å². The van der Waals surface area contributed by atoms with E-state index in [9.17, 15) is 0 Å². The summed E-state index contributed by atoms with van der Waals surface area (Å²) in [6, 6.07) is 13.2. The average Bonchev–Trinajstić information content (AvgIpc) is 2.32. The van der Waals surface area contributed by atoms with Crippen LogP contribution >= 0.6 is 23.2 Å². The summed E-state index contributed by atoms with van der Waals surface area (Å²) in [4.78, 5) is 0. The van der Waals surface area contributed by atoms with Gasteiger partial charge in [0.25, 0.3) is 0 Å². The molecule has 0 heterocycles. The van der Waals surface area contributed by atoms with E-state index >= 15 is 0 Å². The molecular weight excluding hydrogens is 255 g/mol. The Balaban J connectivity index is 2.12. The summed E-state index contributed by atoms with van der Waals surface area (Å²) in [5.41, 5.74) is 2.02. The Bertz CT molecular complexity index is 523. The average molecular weight is 267 g/mol. The third kappa shape index (κ3) is 3.15. The Morgan fingerprint density at radius 2 is 1.82 bits per heavy atom. The van der Waals surface area contributed by atoms with Crippen molar-refractivity contribution in [2.75, 3.05) is 0 Å². The summed E-state index contributed by atoms with van der Waals surface area (Å²) in [5.74, 6) is 0.789.